The molecule has 3 fully saturated rings. The highest BCUT2D eigenvalue weighted by atomic mass is 16.2. The number of likely N-dealkylation sites (tertiary alicyclic amines) is 1. The molecule has 130 valence electrons. The molecule has 1 N–H and O–H groups in total. The summed E-state index contributed by atoms with van der Waals surface area (Å²) >= 11 is 0. The number of likely N-dealkylation sites (N-methyl/N-ethyl adjacent to an activating group) is 1. The number of carbonyl (C=O) groups is 2. The van der Waals surface area contributed by atoms with Crippen LogP contribution in [0, 0.1) is 11.8 Å². The predicted octanol–water partition coefficient (Wildman–Crippen LogP) is 0.979. The van der Waals surface area contributed by atoms with Gasteiger partial charge in [-0.2, -0.15) is 0 Å². The van der Waals surface area contributed by atoms with Gasteiger partial charge in [0.25, 0.3) is 5.91 Å². The van der Waals surface area contributed by atoms with Gasteiger partial charge in [-0.1, -0.05) is 6.42 Å². The van der Waals surface area contributed by atoms with Crippen molar-refractivity contribution < 1.29 is 9.59 Å². The third-order valence-corrected chi connectivity index (χ3v) is 5.96. The van der Waals surface area contributed by atoms with Crippen LogP contribution in [0.5, 0.6) is 0 Å². The molecule has 1 aliphatic carbocycles. The molecule has 2 heterocycles. The summed E-state index contributed by atoms with van der Waals surface area (Å²) in [5.74, 6) is 0.527. The summed E-state index contributed by atoms with van der Waals surface area (Å²) < 4.78 is 0. The van der Waals surface area contributed by atoms with Crippen LogP contribution in [0.25, 0.3) is 0 Å². The lowest BCUT2D eigenvalue weighted by Gasteiger charge is -2.53. The van der Waals surface area contributed by atoms with Crippen molar-refractivity contribution in [2.24, 2.45) is 11.8 Å². The molecule has 1 saturated carbocycles. The van der Waals surface area contributed by atoms with Gasteiger partial charge < -0.3 is 15.1 Å². The lowest BCUT2D eigenvalue weighted by Crippen LogP contribution is -2.68. The molecule has 0 radical (unpaired) electrons. The molecule has 3 amide bonds. The van der Waals surface area contributed by atoms with Gasteiger partial charge in [0.05, 0.1) is 0 Å². The van der Waals surface area contributed by atoms with Crippen molar-refractivity contribution in [1.82, 2.24) is 20.0 Å². The van der Waals surface area contributed by atoms with E-state index in [-0.39, 0.29) is 23.8 Å². The molecule has 2 atom stereocenters. The molecule has 2 aliphatic heterocycles. The molecule has 2 unspecified atom stereocenters. The largest absolute Gasteiger partial charge is 0.325 e. The van der Waals surface area contributed by atoms with Gasteiger partial charge >= 0.3 is 6.03 Å². The molecular formula is C17H30N4O2. The van der Waals surface area contributed by atoms with E-state index >= 15 is 0 Å². The third-order valence-electron chi connectivity index (χ3n) is 5.96. The summed E-state index contributed by atoms with van der Waals surface area (Å²) in [6, 6.07) is 0.305. The van der Waals surface area contributed by atoms with Gasteiger partial charge in [0, 0.05) is 44.1 Å². The fourth-order valence-corrected chi connectivity index (χ4v) is 4.60. The third kappa shape index (κ3) is 2.66. The monoisotopic (exact) mass is 322 g/mol. The Morgan fingerprint density at radius 1 is 1.22 bits per heavy atom. The summed E-state index contributed by atoms with van der Waals surface area (Å²) in [5.41, 5.74) is -0.632. The average molecular weight is 322 g/mol. The van der Waals surface area contributed by atoms with E-state index in [1.165, 1.54) is 11.3 Å². The smallest absolute Gasteiger partial charge is 0.322 e. The van der Waals surface area contributed by atoms with E-state index in [0.29, 0.717) is 19.1 Å². The van der Waals surface area contributed by atoms with E-state index in [1.54, 1.807) is 0 Å². The standard InChI is InChI=1S/C17H30N4O2/c1-12(2)20-10-13-6-5-7-14(11-20)17(13)15(22)21(16(23)18-17)9-8-19(3)4/h12-14H,5-11H2,1-4H3,(H,18,23). The minimum atomic E-state index is -0.632. The van der Waals surface area contributed by atoms with Gasteiger partial charge in [0.2, 0.25) is 0 Å². The summed E-state index contributed by atoms with van der Waals surface area (Å²) in [4.78, 5) is 31.6. The first-order chi connectivity index (χ1) is 10.9. The molecule has 23 heavy (non-hydrogen) atoms. The normalized spacial score (nSPS) is 34.8. The molecule has 3 rings (SSSR count). The Kier molecular flexibility index (Phi) is 4.40. The summed E-state index contributed by atoms with van der Waals surface area (Å²) in [6.07, 6.45) is 3.24. The van der Waals surface area contributed by atoms with E-state index in [0.717, 1.165) is 25.9 Å². The van der Waals surface area contributed by atoms with Crippen molar-refractivity contribution in [3.8, 4) is 0 Å². The van der Waals surface area contributed by atoms with Gasteiger partial charge in [-0.15, -0.1) is 0 Å². The summed E-state index contributed by atoms with van der Waals surface area (Å²) in [6.45, 7) is 7.46. The quantitative estimate of drug-likeness (QED) is 0.784. The Morgan fingerprint density at radius 2 is 1.83 bits per heavy atom. The van der Waals surface area contributed by atoms with Crippen molar-refractivity contribution in [1.29, 1.82) is 0 Å². The second kappa shape index (κ2) is 6.06. The number of imide groups is 1. The first-order valence-corrected chi connectivity index (χ1v) is 8.89. The fraction of sp³-hybridized carbons (Fsp3) is 0.882. The lowest BCUT2D eigenvalue weighted by atomic mass is 9.63. The molecule has 2 bridgehead atoms. The highest BCUT2D eigenvalue weighted by Crippen LogP contribution is 2.46. The number of hydrogen-bond donors (Lipinski definition) is 1. The number of nitrogens with one attached hydrogen (secondary N) is 1. The number of amides is 3. The molecule has 3 aliphatic rings. The Bertz CT molecular complexity index is 477. The second-order valence-electron chi connectivity index (χ2n) is 7.93. The van der Waals surface area contributed by atoms with Gasteiger partial charge in [-0.3, -0.25) is 9.69 Å². The van der Waals surface area contributed by atoms with Crippen LogP contribution in [0.15, 0.2) is 0 Å². The SMILES string of the molecule is CC(C)N1CC2CCCC(C1)C21NC(=O)N(CCN(C)C)C1=O. The highest BCUT2D eigenvalue weighted by molar-refractivity contribution is 6.07. The molecule has 0 aromatic heterocycles. The van der Waals surface area contributed by atoms with Crippen LogP contribution in [0.1, 0.15) is 33.1 Å². The minimum absolute atomic E-state index is 0.0301. The summed E-state index contributed by atoms with van der Waals surface area (Å²) in [5, 5.41) is 3.15. The van der Waals surface area contributed by atoms with Crippen LogP contribution in [0.2, 0.25) is 0 Å². The van der Waals surface area contributed by atoms with Gasteiger partial charge in [0.1, 0.15) is 5.54 Å². The molecule has 2 saturated heterocycles. The number of carbonyl (C=O) groups excluding carboxylic acids is 2. The van der Waals surface area contributed by atoms with Crippen molar-refractivity contribution in [2.45, 2.75) is 44.7 Å². The zero-order valence-electron chi connectivity index (χ0n) is 14.8. The fourth-order valence-electron chi connectivity index (χ4n) is 4.60. The first-order valence-electron chi connectivity index (χ1n) is 8.89. The molecule has 1 spiro atoms. The maximum Gasteiger partial charge on any atom is 0.325 e. The van der Waals surface area contributed by atoms with Crippen LogP contribution < -0.4 is 5.32 Å². The molecular weight excluding hydrogens is 292 g/mol. The zero-order valence-corrected chi connectivity index (χ0v) is 14.8. The van der Waals surface area contributed by atoms with Crippen LogP contribution in [0.4, 0.5) is 4.79 Å². The van der Waals surface area contributed by atoms with Crippen LogP contribution in [-0.4, -0.2) is 78.5 Å². The van der Waals surface area contributed by atoms with Crippen LogP contribution >= 0.6 is 0 Å². The minimum Gasteiger partial charge on any atom is -0.322 e. The number of urea groups is 1. The number of piperidine rings is 1. The molecule has 0 aromatic carbocycles. The Hall–Kier alpha value is -1.14. The van der Waals surface area contributed by atoms with Crippen molar-refractivity contribution in [3.05, 3.63) is 0 Å². The van der Waals surface area contributed by atoms with E-state index in [1.807, 2.05) is 19.0 Å². The van der Waals surface area contributed by atoms with Gasteiger partial charge in [0.15, 0.2) is 0 Å². The number of rotatable bonds is 4. The topological polar surface area (TPSA) is 55.9 Å². The molecule has 6 nitrogen and oxygen atoms in total. The van der Waals surface area contributed by atoms with Crippen molar-refractivity contribution in [3.63, 3.8) is 0 Å². The maximum atomic E-state index is 13.2. The van der Waals surface area contributed by atoms with Crippen molar-refractivity contribution in [2.75, 3.05) is 40.3 Å². The number of nitrogens with zero attached hydrogens (tertiary/aromatic N) is 3. The second-order valence-corrected chi connectivity index (χ2v) is 7.93. The Balaban J connectivity index is 1.84. The molecule has 0 aromatic rings. The predicted molar refractivity (Wildman–Crippen MR) is 89.1 cm³/mol. The average Bonchev–Trinajstić information content (AvgIpc) is 2.68. The molecule has 6 heteroatoms. The Morgan fingerprint density at radius 3 is 2.35 bits per heavy atom. The maximum absolute atomic E-state index is 13.2. The van der Waals surface area contributed by atoms with E-state index in [2.05, 4.69) is 24.1 Å². The highest BCUT2D eigenvalue weighted by Gasteiger charge is 2.62. The summed E-state index contributed by atoms with van der Waals surface area (Å²) in [7, 11) is 3.92. The van der Waals surface area contributed by atoms with Gasteiger partial charge in [-0.25, -0.2) is 4.79 Å². The van der Waals surface area contributed by atoms with Gasteiger partial charge in [-0.05, 0) is 40.8 Å². The van der Waals surface area contributed by atoms with Crippen LogP contribution in [-0.2, 0) is 4.79 Å². The van der Waals surface area contributed by atoms with E-state index in [4.69, 9.17) is 0 Å². The van der Waals surface area contributed by atoms with E-state index in [9.17, 15) is 9.59 Å². The number of hydrogen-bond acceptors (Lipinski definition) is 4. The first kappa shape index (κ1) is 16.7. The van der Waals surface area contributed by atoms with Crippen LogP contribution in [0.3, 0.4) is 0 Å². The Labute approximate surface area is 139 Å². The van der Waals surface area contributed by atoms with Crippen molar-refractivity contribution >= 4 is 11.9 Å². The zero-order chi connectivity index (χ0) is 16.8. The van der Waals surface area contributed by atoms with E-state index < -0.39 is 5.54 Å². The lowest BCUT2D eigenvalue weighted by molar-refractivity contribution is -0.142.